The van der Waals surface area contributed by atoms with Gasteiger partial charge in [0.05, 0.1) is 45.9 Å². The molecule has 0 saturated carbocycles. The number of allylic oxidation sites excluding steroid dienone is 1. The fourth-order valence-electron chi connectivity index (χ4n) is 3.93. The maximum Gasteiger partial charge on any atom is 0.161 e. The van der Waals surface area contributed by atoms with E-state index in [-0.39, 0.29) is 6.04 Å². The predicted octanol–water partition coefficient (Wildman–Crippen LogP) is 6.40. The zero-order valence-corrected chi connectivity index (χ0v) is 20.4. The Kier molecular flexibility index (Phi) is 7.28. The van der Waals surface area contributed by atoms with Crippen molar-refractivity contribution in [1.82, 2.24) is 0 Å². The third-order valence-corrected chi connectivity index (χ3v) is 5.95. The summed E-state index contributed by atoms with van der Waals surface area (Å²) in [6, 6.07) is 19.5. The van der Waals surface area contributed by atoms with E-state index in [0.29, 0.717) is 28.0 Å². The number of hydrogen-bond acceptors (Lipinski definition) is 6. The Morgan fingerprint density at radius 2 is 1.38 bits per heavy atom. The highest BCUT2D eigenvalue weighted by Crippen LogP contribution is 2.39. The molecular formula is C27H27ClN2O4. The van der Waals surface area contributed by atoms with Crippen molar-refractivity contribution in [3.05, 3.63) is 82.9 Å². The molecular weight excluding hydrogens is 452 g/mol. The molecule has 1 aliphatic rings. The van der Waals surface area contributed by atoms with Crippen LogP contribution in [0.15, 0.2) is 71.8 Å². The summed E-state index contributed by atoms with van der Waals surface area (Å²) < 4.78 is 21.7. The number of benzene rings is 3. The number of ether oxygens (including phenoxy) is 4. The van der Waals surface area contributed by atoms with Crippen LogP contribution in [-0.4, -0.2) is 34.2 Å². The first-order valence-electron chi connectivity index (χ1n) is 10.8. The van der Waals surface area contributed by atoms with E-state index >= 15 is 0 Å². The second kappa shape index (κ2) is 10.5. The van der Waals surface area contributed by atoms with E-state index in [9.17, 15) is 0 Å². The number of hydrazone groups is 1. The molecule has 3 aromatic rings. The molecule has 0 spiro atoms. The van der Waals surface area contributed by atoms with Crippen molar-refractivity contribution < 1.29 is 18.9 Å². The van der Waals surface area contributed by atoms with Gasteiger partial charge in [-0.2, -0.15) is 5.10 Å². The standard InChI is InChI=1S/C27H27ClN2O4/c1-31-24-13-6-18(15-26(24)33-3)5-10-21-17-23(19-7-14-25(32-2)27(16-19)34-4)30(29-21)22-11-8-20(28)9-12-22/h5-16,23H,17H2,1-4H3/b10-5-/t23-/m1/s1. The minimum atomic E-state index is -0.00830. The van der Waals surface area contributed by atoms with Crippen molar-refractivity contribution in [2.45, 2.75) is 12.5 Å². The molecule has 0 radical (unpaired) electrons. The lowest BCUT2D eigenvalue weighted by molar-refractivity contribution is 0.354. The summed E-state index contributed by atoms with van der Waals surface area (Å²) in [5, 5.41) is 7.63. The lowest BCUT2D eigenvalue weighted by Gasteiger charge is -2.24. The van der Waals surface area contributed by atoms with Crippen LogP contribution in [0.5, 0.6) is 23.0 Å². The molecule has 0 aliphatic carbocycles. The molecule has 0 aromatic heterocycles. The van der Waals surface area contributed by atoms with E-state index < -0.39 is 0 Å². The molecule has 1 heterocycles. The van der Waals surface area contributed by atoms with Crippen molar-refractivity contribution in [2.24, 2.45) is 5.10 Å². The van der Waals surface area contributed by atoms with Gasteiger partial charge in [0.15, 0.2) is 23.0 Å². The van der Waals surface area contributed by atoms with E-state index in [2.05, 4.69) is 0 Å². The van der Waals surface area contributed by atoms with Crippen LogP contribution in [0, 0.1) is 0 Å². The van der Waals surface area contributed by atoms with Crippen molar-refractivity contribution in [2.75, 3.05) is 33.4 Å². The average Bonchev–Trinajstić information content (AvgIpc) is 3.31. The van der Waals surface area contributed by atoms with Crippen LogP contribution in [0.4, 0.5) is 5.69 Å². The van der Waals surface area contributed by atoms with Crippen molar-refractivity contribution in [3.63, 3.8) is 0 Å². The topological polar surface area (TPSA) is 52.5 Å². The average molecular weight is 479 g/mol. The van der Waals surface area contributed by atoms with Gasteiger partial charge in [-0.25, -0.2) is 0 Å². The third-order valence-electron chi connectivity index (χ3n) is 5.69. The molecule has 1 atom stereocenters. The molecule has 3 aromatic carbocycles. The molecule has 4 rings (SSSR count). The van der Waals surface area contributed by atoms with Crippen LogP contribution < -0.4 is 24.0 Å². The van der Waals surface area contributed by atoms with Gasteiger partial charge in [-0.15, -0.1) is 0 Å². The fourth-order valence-corrected chi connectivity index (χ4v) is 4.06. The predicted molar refractivity (Wildman–Crippen MR) is 137 cm³/mol. The van der Waals surface area contributed by atoms with Crippen molar-refractivity contribution in [3.8, 4) is 23.0 Å². The van der Waals surface area contributed by atoms with Gasteiger partial charge >= 0.3 is 0 Å². The van der Waals surface area contributed by atoms with Gasteiger partial charge in [-0.3, -0.25) is 5.01 Å². The highest BCUT2D eigenvalue weighted by Gasteiger charge is 2.29. The third kappa shape index (κ3) is 4.97. The lowest BCUT2D eigenvalue weighted by Crippen LogP contribution is -2.18. The highest BCUT2D eigenvalue weighted by molar-refractivity contribution is 6.30. The molecule has 1 aliphatic heterocycles. The molecule has 34 heavy (non-hydrogen) atoms. The number of halogens is 1. The van der Waals surface area contributed by atoms with Crippen LogP contribution in [-0.2, 0) is 0 Å². The Morgan fingerprint density at radius 3 is 2.03 bits per heavy atom. The Balaban J connectivity index is 1.66. The Bertz CT molecular complexity index is 1210. The largest absolute Gasteiger partial charge is 0.493 e. The molecule has 6 nitrogen and oxygen atoms in total. The van der Waals surface area contributed by atoms with E-state index in [1.54, 1.807) is 28.4 Å². The molecule has 176 valence electrons. The number of hydrogen-bond donors (Lipinski definition) is 0. The first-order chi connectivity index (χ1) is 16.6. The second-order valence-electron chi connectivity index (χ2n) is 7.69. The molecule has 0 saturated heterocycles. The summed E-state index contributed by atoms with van der Waals surface area (Å²) in [5.74, 6) is 2.76. The van der Waals surface area contributed by atoms with Crippen molar-refractivity contribution >= 4 is 29.1 Å². The van der Waals surface area contributed by atoms with Gasteiger partial charge in [0.1, 0.15) is 0 Å². The van der Waals surface area contributed by atoms with Gasteiger partial charge in [-0.1, -0.05) is 29.8 Å². The molecule has 0 N–H and O–H groups in total. The molecule has 0 amide bonds. The molecule has 0 unspecified atom stereocenters. The number of rotatable bonds is 8. The fraction of sp³-hybridized carbons (Fsp3) is 0.222. The van der Waals surface area contributed by atoms with Gasteiger partial charge in [-0.05, 0) is 65.7 Å². The SMILES string of the molecule is COc1ccc(/C=C\C2=NN(c3ccc(Cl)cc3)[C@@H](c3ccc(OC)c(OC)c3)C2)cc1OC. The smallest absolute Gasteiger partial charge is 0.161 e. The summed E-state index contributed by atoms with van der Waals surface area (Å²) in [6.45, 7) is 0. The summed E-state index contributed by atoms with van der Waals surface area (Å²) in [5.41, 5.74) is 3.97. The Hall–Kier alpha value is -3.64. The number of nitrogens with zero attached hydrogens (tertiary/aromatic N) is 2. The van der Waals surface area contributed by atoms with Crippen LogP contribution in [0.25, 0.3) is 6.08 Å². The van der Waals surface area contributed by atoms with E-state index in [1.807, 2.05) is 77.8 Å². The number of anilines is 1. The van der Waals surface area contributed by atoms with Crippen LogP contribution >= 0.6 is 11.6 Å². The molecule has 0 fully saturated rings. The van der Waals surface area contributed by atoms with E-state index in [0.717, 1.165) is 28.9 Å². The monoisotopic (exact) mass is 478 g/mol. The van der Waals surface area contributed by atoms with Crippen LogP contribution in [0.2, 0.25) is 5.02 Å². The molecule has 7 heteroatoms. The van der Waals surface area contributed by atoms with Gasteiger partial charge in [0.25, 0.3) is 0 Å². The van der Waals surface area contributed by atoms with E-state index in [4.69, 9.17) is 35.6 Å². The highest BCUT2D eigenvalue weighted by atomic mass is 35.5. The minimum Gasteiger partial charge on any atom is -0.493 e. The lowest BCUT2D eigenvalue weighted by atomic mass is 10.00. The quantitative estimate of drug-likeness (QED) is 0.375. The normalized spacial score (nSPS) is 15.4. The molecule has 0 bridgehead atoms. The summed E-state index contributed by atoms with van der Waals surface area (Å²) in [4.78, 5) is 0. The Labute approximate surface area is 205 Å². The summed E-state index contributed by atoms with van der Waals surface area (Å²) >= 11 is 6.12. The minimum absolute atomic E-state index is 0.00830. The Morgan fingerprint density at radius 1 is 0.765 bits per heavy atom. The zero-order chi connectivity index (χ0) is 24.1. The second-order valence-corrected chi connectivity index (χ2v) is 8.13. The maximum atomic E-state index is 6.12. The van der Waals surface area contributed by atoms with Gasteiger partial charge in [0.2, 0.25) is 0 Å². The maximum absolute atomic E-state index is 6.12. The van der Waals surface area contributed by atoms with Crippen LogP contribution in [0.3, 0.4) is 0 Å². The zero-order valence-electron chi connectivity index (χ0n) is 19.6. The first-order valence-corrected chi connectivity index (χ1v) is 11.2. The van der Waals surface area contributed by atoms with Crippen LogP contribution in [0.1, 0.15) is 23.6 Å². The van der Waals surface area contributed by atoms with Gasteiger partial charge in [0, 0.05) is 11.4 Å². The van der Waals surface area contributed by atoms with Gasteiger partial charge < -0.3 is 18.9 Å². The van der Waals surface area contributed by atoms with Crippen molar-refractivity contribution in [1.29, 1.82) is 0 Å². The summed E-state index contributed by atoms with van der Waals surface area (Å²) in [7, 11) is 6.53. The number of methoxy groups -OCH3 is 4. The summed E-state index contributed by atoms with van der Waals surface area (Å²) in [6.07, 6.45) is 4.78. The van der Waals surface area contributed by atoms with E-state index in [1.165, 1.54) is 0 Å². The first kappa shape index (κ1) is 23.5.